The van der Waals surface area contributed by atoms with Crippen LogP contribution in [0.15, 0.2) is 24.3 Å². The molecule has 0 aromatic heterocycles. The first-order valence-corrected chi connectivity index (χ1v) is 6.56. The van der Waals surface area contributed by atoms with Crippen LogP contribution in [0.5, 0.6) is 0 Å². The summed E-state index contributed by atoms with van der Waals surface area (Å²) in [5, 5.41) is 0. The Balaban J connectivity index is 2.39. The average Bonchev–Trinajstić information content (AvgIpc) is 2.35. The molecule has 0 fully saturated rings. The van der Waals surface area contributed by atoms with E-state index in [9.17, 15) is 0 Å². The molecular formula is C15H26N2O. The van der Waals surface area contributed by atoms with Crippen LogP contribution in [-0.2, 0) is 4.74 Å². The van der Waals surface area contributed by atoms with Crippen molar-refractivity contribution in [2.45, 2.75) is 32.4 Å². The van der Waals surface area contributed by atoms with Crippen molar-refractivity contribution in [3.05, 3.63) is 35.4 Å². The number of likely N-dealkylation sites (N-methyl/N-ethyl adjacent to an activating group) is 1. The second-order valence-electron chi connectivity index (χ2n) is 5.12. The van der Waals surface area contributed by atoms with Gasteiger partial charge < -0.3 is 15.4 Å². The number of hydrogen-bond donors (Lipinski definition) is 1. The minimum absolute atomic E-state index is 0.116. The first kappa shape index (κ1) is 15.2. The second-order valence-corrected chi connectivity index (χ2v) is 5.12. The zero-order chi connectivity index (χ0) is 13.5. The second kappa shape index (κ2) is 7.52. The molecule has 1 rings (SSSR count). The third-order valence-corrected chi connectivity index (χ3v) is 3.26. The number of nitrogens with zero attached hydrogens (tertiary/aromatic N) is 1. The fraction of sp³-hybridized carbons (Fsp3) is 0.600. The maximum absolute atomic E-state index is 6.22. The molecule has 0 saturated heterocycles. The molecule has 0 amide bonds. The molecule has 2 N–H and O–H groups in total. The lowest BCUT2D eigenvalue weighted by Crippen LogP contribution is -2.31. The Morgan fingerprint density at radius 3 is 2.72 bits per heavy atom. The number of aryl methyl sites for hydroxylation is 1. The van der Waals surface area contributed by atoms with Crippen LogP contribution in [0.3, 0.4) is 0 Å². The summed E-state index contributed by atoms with van der Waals surface area (Å²) in [5.41, 5.74) is 8.71. The molecule has 2 unspecified atom stereocenters. The molecule has 0 radical (unpaired) electrons. The summed E-state index contributed by atoms with van der Waals surface area (Å²) in [6.45, 7) is 6.11. The van der Waals surface area contributed by atoms with Gasteiger partial charge in [0.15, 0.2) is 0 Å². The number of hydrogen-bond acceptors (Lipinski definition) is 3. The summed E-state index contributed by atoms with van der Waals surface area (Å²) in [4.78, 5) is 2.27. The van der Waals surface area contributed by atoms with E-state index in [1.54, 1.807) is 7.11 Å². The van der Waals surface area contributed by atoms with E-state index in [-0.39, 0.29) is 12.1 Å². The van der Waals surface area contributed by atoms with Crippen LogP contribution >= 0.6 is 0 Å². The van der Waals surface area contributed by atoms with Gasteiger partial charge in [-0.05, 0) is 39.4 Å². The fourth-order valence-electron chi connectivity index (χ4n) is 2.03. The predicted octanol–water partition coefficient (Wildman–Crippen LogP) is 2.35. The number of rotatable bonds is 7. The molecule has 3 nitrogen and oxygen atoms in total. The van der Waals surface area contributed by atoms with Gasteiger partial charge in [-0.15, -0.1) is 0 Å². The summed E-state index contributed by atoms with van der Waals surface area (Å²) >= 11 is 0. The van der Waals surface area contributed by atoms with Gasteiger partial charge in [-0.3, -0.25) is 0 Å². The summed E-state index contributed by atoms with van der Waals surface area (Å²) in [7, 11) is 3.86. The molecule has 0 saturated carbocycles. The molecule has 0 heterocycles. The van der Waals surface area contributed by atoms with Crippen molar-refractivity contribution >= 4 is 0 Å². The standard InChI is InChI=1S/C15H26N2O/c1-12-6-5-7-14(10-12)15(16)8-9-17(3)11-13(2)18-4/h5-7,10,13,15H,8-9,11,16H2,1-4H3. The van der Waals surface area contributed by atoms with E-state index in [1.807, 2.05) is 0 Å². The van der Waals surface area contributed by atoms with Gasteiger partial charge in [0.25, 0.3) is 0 Å². The fourth-order valence-corrected chi connectivity index (χ4v) is 2.03. The SMILES string of the molecule is COC(C)CN(C)CCC(N)c1cccc(C)c1. The van der Waals surface area contributed by atoms with Crippen LogP contribution in [0.25, 0.3) is 0 Å². The van der Waals surface area contributed by atoms with Crippen molar-refractivity contribution in [3.8, 4) is 0 Å². The number of benzene rings is 1. The first-order valence-electron chi connectivity index (χ1n) is 6.56. The van der Waals surface area contributed by atoms with Crippen LogP contribution < -0.4 is 5.73 Å². The van der Waals surface area contributed by atoms with Gasteiger partial charge in [0.05, 0.1) is 6.10 Å². The smallest absolute Gasteiger partial charge is 0.0669 e. The molecular weight excluding hydrogens is 224 g/mol. The molecule has 1 aromatic carbocycles. The largest absolute Gasteiger partial charge is 0.380 e. The Morgan fingerprint density at radius 2 is 2.11 bits per heavy atom. The molecule has 3 heteroatoms. The van der Waals surface area contributed by atoms with Crippen molar-refractivity contribution in [3.63, 3.8) is 0 Å². The summed E-state index contributed by atoms with van der Waals surface area (Å²) in [6, 6.07) is 8.56. The van der Waals surface area contributed by atoms with E-state index in [0.717, 1.165) is 19.5 Å². The zero-order valence-electron chi connectivity index (χ0n) is 12.0. The van der Waals surface area contributed by atoms with E-state index >= 15 is 0 Å². The summed E-state index contributed by atoms with van der Waals surface area (Å²) < 4.78 is 5.26. The minimum Gasteiger partial charge on any atom is -0.380 e. The summed E-state index contributed by atoms with van der Waals surface area (Å²) in [5.74, 6) is 0. The molecule has 0 aliphatic heterocycles. The van der Waals surface area contributed by atoms with Gasteiger partial charge in [0.2, 0.25) is 0 Å². The van der Waals surface area contributed by atoms with Gasteiger partial charge in [-0.2, -0.15) is 0 Å². The van der Waals surface area contributed by atoms with Gasteiger partial charge in [0.1, 0.15) is 0 Å². The number of methoxy groups -OCH3 is 1. The zero-order valence-corrected chi connectivity index (χ0v) is 12.0. The molecule has 0 aliphatic carbocycles. The van der Waals surface area contributed by atoms with Gasteiger partial charge in [-0.25, -0.2) is 0 Å². The van der Waals surface area contributed by atoms with Crippen LogP contribution in [0.4, 0.5) is 0 Å². The monoisotopic (exact) mass is 250 g/mol. The normalized spacial score (nSPS) is 14.8. The molecule has 0 bridgehead atoms. The van der Waals surface area contributed by atoms with E-state index in [2.05, 4.69) is 50.1 Å². The van der Waals surface area contributed by atoms with Crippen molar-refractivity contribution in [1.82, 2.24) is 4.90 Å². The lowest BCUT2D eigenvalue weighted by molar-refractivity contribution is 0.0848. The predicted molar refractivity (Wildman–Crippen MR) is 76.7 cm³/mol. The third-order valence-electron chi connectivity index (χ3n) is 3.26. The van der Waals surface area contributed by atoms with Crippen molar-refractivity contribution in [2.24, 2.45) is 5.73 Å². The molecule has 18 heavy (non-hydrogen) atoms. The quantitative estimate of drug-likeness (QED) is 0.807. The highest BCUT2D eigenvalue weighted by Gasteiger charge is 2.09. The van der Waals surface area contributed by atoms with E-state index < -0.39 is 0 Å². The van der Waals surface area contributed by atoms with E-state index in [0.29, 0.717) is 0 Å². The molecule has 1 aromatic rings. The summed E-state index contributed by atoms with van der Waals surface area (Å²) in [6.07, 6.45) is 1.24. The van der Waals surface area contributed by atoms with Gasteiger partial charge in [0, 0.05) is 19.7 Å². The van der Waals surface area contributed by atoms with Crippen molar-refractivity contribution < 1.29 is 4.74 Å². The number of nitrogens with two attached hydrogens (primary N) is 1. The highest BCUT2D eigenvalue weighted by atomic mass is 16.5. The molecule has 102 valence electrons. The van der Waals surface area contributed by atoms with Crippen molar-refractivity contribution in [2.75, 3.05) is 27.2 Å². The Bertz CT molecular complexity index is 354. The van der Waals surface area contributed by atoms with E-state index in [4.69, 9.17) is 10.5 Å². The van der Waals surface area contributed by atoms with Crippen LogP contribution in [-0.4, -0.2) is 38.3 Å². The van der Waals surface area contributed by atoms with E-state index in [1.165, 1.54) is 11.1 Å². The lowest BCUT2D eigenvalue weighted by atomic mass is 10.0. The van der Waals surface area contributed by atoms with Gasteiger partial charge >= 0.3 is 0 Å². The third kappa shape index (κ3) is 5.17. The Kier molecular flexibility index (Phi) is 6.33. The minimum atomic E-state index is 0.116. The molecule has 0 spiro atoms. The maximum atomic E-state index is 6.22. The average molecular weight is 250 g/mol. The highest BCUT2D eigenvalue weighted by Crippen LogP contribution is 2.15. The Labute approximate surface area is 111 Å². The van der Waals surface area contributed by atoms with Crippen LogP contribution in [0.2, 0.25) is 0 Å². The maximum Gasteiger partial charge on any atom is 0.0669 e. The topological polar surface area (TPSA) is 38.5 Å². The first-order chi connectivity index (χ1) is 8.52. The molecule has 2 atom stereocenters. The Morgan fingerprint density at radius 1 is 1.39 bits per heavy atom. The van der Waals surface area contributed by atoms with Crippen LogP contribution in [0.1, 0.15) is 30.5 Å². The van der Waals surface area contributed by atoms with Crippen molar-refractivity contribution in [1.29, 1.82) is 0 Å². The lowest BCUT2D eigenvalue weighted by Gasteiger charge is -2.22. The van der Waals surface area contributed by atoms with Crippen LogP contribution in [0, 0.1) is 6.92 Å². The Hall–Kier alpha value is -0.900. The number of ether oxygens (including phenoxy) is 1. The molecule has 0 aliphatic rings. The highest BCUT2D eigenvalue weighted by molar-refractivity contribution is 5.24. The van der Waals surface area contributed by atoms with Gasteiger partial charge in [-0.1, -0.05) is 29.8 Å².